The van der Waals surface area contributed by atoms with Gasteiger partial charge in [-0.15, -0.1) is 0 Å². The first-order chi connectivity index (χ1) is 14.7. The number of anilines is 1. The number of nitrogens with zero attached hydrogens (tertiary/aromatic N) is 3. The van der Waals surface area contributed by atoms with E-state index in [9.17, 15) is 19.7 Å². The van der Waals surface area contributed by atoms with Crippen molar-refractivity contribution in [3.8, 4) is 0 Å². The van der Waals surface area contributed by atoms with Crippen molar-refractivity contribution < 1.29 is 14.5 Å². The number of carbonyl (C=O) groups excluding carboxylic acids is 2. The first kappa shape index (κ1) is 20.9. The number of fused-ring (bicyclic) bond motifs is 1. The van der Waals surface area contributed by atoms with Gasteiger partial charge in [0, 0.05) is 37.3 Å². The molecular formula is C22H22N4O4S. The lowest BCUT2D eigenvalue weighted by Crippen LogP contribution is -2.70. The molecule has 1 spiro atoms. The SMILES string of the molecule is CC(C)N1C(=O)[C@]2(Cc3cc([N+](=O)[O-])ccc3N(C)[C@H]2c2ccccc2)C(=O)NC1=S. The molecule has 0 saturated carbocycles. The minimum Gasteiger partial charge on any atom is -0.366 e. The number of non-ortho nitro benzene ring substituents is 1. The Morgan fingerprint density at radius 3 is 2.48 bits per heavy atom. The molecular weight excluding hydrogens is 416 g/mol. The third-order valence-electron chi connectivity index (χ3n) is 6.05. The van der Waals surface area contributed by atoms with Crippen LogP contribution in [-0.2, 0) is 16.0 Å². The maximum absolute atomic E-state index is 13.9. The Balaban J connectivity index is 1.98. The van der Waals surface area contributed by atoms with Gasteiger partial charge in [0.2, 0.25) is 11.8 Å². The van der Waals surface area contributed by atoms with Crippen molar-refractivity contribution in [2.24, 2.45) is 5.41 Å². The number of hydrogen-bond acceptors (Lipinski definition) is 6. The number of thiocarbonyl (C=S) groups is 1. The minimum atomic E-state index is -1.52. The first-order valence-electron chi connectivity index (χ1n) is 9.92. The lowest BCUT2D eigenvalue weighted by molar-refractivity contribution is -0.384. The van der Waals surface area contributed by atoms with Crippen molar-refractivity contribution in [3.05, 3.63) is 69.8 Å². The smallest absolute Gasteiger partial charge is 0.269 e. The van der Waals surface area contributed by atoms with E-state index in [-0.39, 0.29) is 23.3 Å². The Morgan fingerprint density at radius 2 is 1.87 bits per heavy atom. The van der Waals surface area contributed by atoms with E-state index in [1.54, 1.807) is 13.1 Å². The molecule has 1 saturated heterocycles. The molecule has 2 aromatic rings. The predicted octanol–water partition coefficient (Wildman–Crippen LogP) is 2.97. The van der Waals surface area contributed by atoms with Crippen LogP contribution in [0.15, 0.2) is 48.5 Å². The predicted molar refractivity (Wildman–Crippen MR) is 120 cm³/mol. The zero-order valence-electron chi connectivity index (χ0n) is 17.4. The van der Waals surface area contributed by atoms with Gasteiger partial charge in [0.15, 0.2) is 10.5 Å². The highest BCUT2D eigenvalue weighted by Gasteiger charge is 2.61. The van der Waals surface area contributed by atoms with Crippen LogP contribution in [0.4, 0.5) is 11.4 Å². The summed E-state index contributed by atoms with van der Waals surface area (Å²) in [6.45, 7) is 3.66. The van der Waals surface area contributed by atoms with E-state index in [4.69, 9.17) is 12.2 Å². The molecule has 8 nitrogen and oxygen atoms in total. The zero-order chi connectivity index (χ0) is 22.5. The van der Waals surface area contributed by atoms with E-state index in [2.05, 4.69) is 5.32 Å². The first-order valence-corrected chi connectivity index (χ1v) is 10.3. The highest BCUT2D eigenvalue weighted by atomic mass is 32.1. The summed E-state index contributed by atoms with van der Waals surface area (Å²) in [7, 11) is 1.80. The number of rotatable bonds is 3. The normalized spacial score (nSPS) is 23.2. The van der Waals surface area contributed by atoms with Crippen LogP contribution < -0.4 is 10.2 Å². The molecule has 9 heteroatoms. The van der Waals surface area contributed by atoms with E-state index < -0.39 is 28.2 Å². The van der Waals surface area contributed by atoms with Gasteiger partial charge in [0.1, 0.15) is 0 Å². The molecule has 2 heterocycles. The van der Waals surface area contributed by atoms with Crippen molar-refractivity contribution in [3.63, 3.8) is 0 Å². The van der Waals surface area contributed by atoms with Crippen LogP contribution in [0.5, 0.6) is 0 Å². The van der Waals surface area contributed by atoms with Crippen LogP contribution in [0, 0.1) is 15.5 Å². The number of nitro groups is 1. The number of carbonyl (C=O) groups is 2. The monoisotopic (exact) mass is 438 g/mol. The second-order valence-corrected chi connectivity index (χ2v) is 8.56. The lowest BCUT2D eigenvalue weighted by atomic mass is 9.66. The number of hydrogen-bond donors (Lipinski definition) is 1. The van der Waals surface area contributed by atoms with Gasteiger partial charge in [0.05, 0.1) is 11.0 Å². The van der Waals surface area contributed by atoms with Gasteiger partial charge < -0.3 is 10.2 Å². The highest BCUT2D eigenvalue weighted by molar-refractivity contribution is 7.80. The summed E-state index contributed by atoms with van der Waals surface area (Å²) in [4.78, 5) is 41.6. The Kier molecular flexibility index (Phi) is 5.01. The molecule has 1 N–H and O–H groups in total. The standard InChI is InChI=1S/C22H22N4O4S/c1-13(2)25-20(28)22(19(27)23-21(25)31)12-15-11-16(26(29)30)9-10-17(15)24(3)18(22)14-7-5-4-6-8-14/h4-11,13,18H,12H2,1-3H3,(H,23,27,31)/t18-,22-/m0/s1. The minimum absolute atomic E-state index is 0.0322. The van der Waals surface area contributed by atoms with E-state index in [0.717, 1.165) is 11.3 Å². The molecule has 0 unspecified atom stereocenters. The second kappa shape index (κ2) is 7.42. The van der Waals surface area contributed by atoms with Gasteiger partial charge in [-0.1, -0.05) is 30.3 Å². The number of nitrogens with one attached hydrogen (secondary N) is 1. The number of amides is 2. The van der Waals surface area contributed by atoms with E-state index in [1.807, 2.05) is 49.1 Å². The van der Waals surface area contributed by atoms with Crippen LogP contribution in [0.2, 0.25) is 0 Å². The summed E-state index contributed by atoms with van der Waals surface area (Å²) in [5.74, 6) is -0.883. The molecule has 31 heavy (non-hydrogen) atoms. The van der Waals surface area contributed by atoms with Gasteiger partial charge in [-0.05, 0) is 43.3 Å². The Bertz CT molecular complexity index is 1100. The lowest BCUT2D eigenvalue weighted by Gasteiger charge is -2.52. The molecule has 0 radical (unpaired) electrons. The van der Waals surface area contributed by atoms with Gasteiger partial charge in [-0.3, -0.25) is 24.6 Å². The maximum atomic E-state index is 13.9. The molecule has 0 aromatic heterocycles. The fraction of sp³-hybridized carbons (Fsp3) is 0.318. The Labute approximate surface area is 185 Å². The van der Waals surface area contributed by atoms with Gasteiger partial charge in [0.25, 0.3) is 5.69 Å². The summed E-state index contributed by atoms with van der Waals surface area (Å²) in [5, 5.41) is 14.2. The van der Waals surface area contributed by atoms with Crippen LogP contribution in [0.3, 0.4) is 0 Å². The van der Waals surface area contributed by atoms with Crippen molar-refractivity contribution in [1.29, 1.82) is 0 Å². The number of benzene rings is 2. The second-order valence-electron chi connectivity index (χ2n) is 8.17. The van der Waals surface area contributed by atoms with Crippen LogP contribution in [-0.4, -0.2) is 39.8 Å². The molecule has 4 rings (SSSR count). The highest BCUT2D eigenvalue weighted by Crippen LogP contribution is 2.51. The maximum Gasteiger partial charge on any atom is 0.269 e. The summed E-state index contributed by atoms with van der Waals surface area (Å²) in [6, 6.07) is 13.0. The summed E-state index contributed by atoms with van der Waals surface area (Å²) in [6.07, 6.45) is 0.0322. The molecule has 2 aliphatic heterocycles. The fourth-order valence-electron chi connectivity index (χ4n) is 4.72. The average Bonchev–Trinajstić information content (AvgIpc) is 2.72. The van der Waals surface area contributed by atoms with Crippen LogP contribution in [0.1, 0.15) is 31.0 Å². The fourth-order valence-corrected chi connectivity index (χ4v) is 5.11. The van der Waals surface area contributed by atoms with Crippen molar-refractivity contribution in [1.82, 2.24) is 10.2 Å². The summed E-state index contributed by atoms with van der Waals surface area (Å²) < 4.78 is 0. The summed E-state index contributed by atoms with van der Waals surface area (Å²) in [5.41, 5.74) is 0.512. The quantitative estimate of drug-likeness (QED) is 0.343. The van der Waals surface area contributed by atoms with Gasteiger partial charge in [-0.2, -0.15) is 0 Å². The molecule has 160 valence electrons. The van der Waals surface area contributed by atoms with Crippen molar-refractivity contribution in [2.45, 2.75) is 32.4 Å². The van der Waals surface area contributed by atoms with Crippen LogP contribution in [0.25, 0.3) is 0 Å². The molecule has 1 fully saturated rings. The van der Waals surface area contributed by atoms with Gasteiger partial charge >= 0.3 is 0 Å². The Morgan fingerprint density at radius 1 is 1.19 bits per heavy atom. The number of nitro benzene ring substituents is 1. The molecule has 2 atom stereocenters. The van der Waals surface area contributed by atoms with Crippen molar-refractivity contribution in [2.75, 3.05) is 11.9 Å². The topological polar surface area (TPSA) is 95.8 Å². The van der Waals surface area contributed by atoms with Gasteiger partial charge in [-0.25, -0.2) is 0 Å². The third kappa shape index (κ3) is 3.07. The van der Waals surface area contributed by atoms with E-state index >= 15 is 0 Å². The zero-order valence-corrected chi connectivity index (χ0v) is 18.2. The molecule has 2 aromatic carbocycles. The largest absolute Gasteiger partial charge is 0.366 e. The van der Waals surface area contributed by atoms with Crippen molar-refractivity contribution >= 4 is 40.5 Å². The molecule has 2 amide bonds. The molecule has 0 aliphatic carbocycles. The Hall–Kier alpha value is -3.33. The molecule has 2 aliphatic rings. The average molecular weight is 439 g/mol. The summed E-state index contributed by atoms with van der Waals surface area (Å²) >= 11 is 5.30. The van der Waals surface area contributed by atoms with E-state index in [1.165, 1.54) is 17.0 Å². The molecule has 0 bridgehead atoms. The third-order valence-corrected chi connectivity index (χ3v) is 6.35. The van der Waals surface area contributed by atoms with Crippen LogP contribution >= 0.6 is 12.2 Å². The van der Waals surface area contributed by atoms with E-state index in [0.29, 0.717) is 5.56 Å².